The first kappa shape index (κ1) is 21.5. The minimum absolute atomic E-state index is 0.0946. The zero-order chi connectivity index (χ0) is 21.8. The zero-order valence-corrected chi connectivity index (χ0v) is 17.4. The van der Waals surface area contributed by atoms with Gasteiger partial charge in [-0.2, -0.15) is 18.3 Å². The molecule has 1 fully saturated rings. The number of hydrogen-bond acceptors (Lipinski definition) is 5. The summed E-state index contributed by atoms with van der Waals surface area (Å²) in [4.78, 5) is 19.1. The molecule has 6 nitrogen and oxygen atoms in total. The van der Waals surface area contributed by atoms with Crippen molar-refractivity contribution >= 4 is 17.2 Å². The Morgan fingerprint density at radius 2 is 1.94 bits per heavy atom. The Morgan fingerprint density at radius 3 is 2.55 bits per heavy atom. The number of benzene rings is 1. The highest BCUT2D eigenvalue weighted by Gasteiger charge is 2.34. The number of piperidine rings is 1. The summed E-state index contributed by atoms with van der Waals surface area (Å²) in [5.41, 5.74) is 0.0899. The van der Waals surface area contributed by atoms with Gasteiger partial charge in [-0.15, -0.1) is 11.3 Å². The molecule has 164 valence electrons. The van der Waals surface area contributed by atoms with Crippen LogP contribution < -0.4 is 5.32 Å². The molecule has 0 aliphatic carbocycles. The van der Waals surface area contributed by atoms with E-state index in [0.29, 0.717) is 25.9 Å². The largest absolute Gasteiger partial charge is 0.435 e. The van der Waals surface area contributed by atoms with Crippen LogP contribution in [0, 0.1) is 0 Å². The van der Waals surface area contributed by atoms with E-state index in [-0.39, 0.29) is 24.5 Å². The smallest absolute Gasteiger partial charge is 0.342 e. The van der Waals surface area contributed by atoms with Gasteiger partial charge in [0.25, 0.3) is 0 Å². The predicted octanol–water partition coefficient (Wildman–Crippen LogP) is 3.90. The van der Waals surface area contributed by atoms with Crippen LogP contribution in [0.2, 0.25) is 0 Å². The summed E-state index contributed by atoms with van der Waals surface area (Å²) < 4.78 is 39.7. The van der Waals surface area contributed by atoms with Crippen LogP contribution in [0.3, 0.4) is 0 Å². The van der Waals surface area contributed by atoms with Crippen LogP contribution in [-0.4, -0.2) is 45.2 Å². The summed E-state index contributed by atoms with van der Waals surface area (Å²) in [5.74, 6) is -0.110. The molecule has 2 aromatic heterocycles. The lowest BCUT2D eigenvalue weighted by atomic mass is 10.1. The molecule has 0 spiro atoms. The van der Waals surface area contributed by atoms with Crippen LogP contribution >= 0.6 is 11.3 Å². The fourth-order valence-electron chi connectivity index (χ4n) is 3.75. The van der Waals surface area contributed by atoms with Crippen LogP contribution in [0.1, 0.15) is 41.2 Å². The Labute approximate surface area is 181 Å². The Balaban J connectivity index is 1.33. The molecule has 31 heavy (non-hydrogen) atoms. The van der Waals surface area contributed by atoms with E-state index in [4.69, 9.17) is 0 Å². The van der Waals surface area contributed by atoms with Gasteiger partial charge in [-0.3, -0.25) is 14.4 Å². The number of carbonyl (C=O) groups excluding carboxylic acids is 1. The molecule has 3 aromatic rings. The number of thiazole rings is 1. The normalized spacial score (nSPS) is 16.9. The Morgan fingerprint density at radius 1 is 1.19 bits per heavy atom. The first-order chi connectivity index (χ1) is 14.9. The van der Waals surface area contributed by atoms with Gasteiger partial charge in [0.15, 0.2) is 5.69 Å². The summed E-state index contributed by atoms with van der Waals surface area (Å²) in [7, 11) is 0. The van der Waals surface area contributed by atoms with Gasteiger partial charge >= 0.3 is 6.18 Å². The van der Waals surface area contributed by atoms with Crippen molar-refractivity contribution in [2.24, 2.45) is 0 Å². The molecule has 3 heterocycles. The number of likely N-dealkylation sites (tertiary alicyclic amines) is 1. The van der Waals surface area contributed by atoms with E-state index in [0.717, 1.165) is 16.6 Å². The van der Waals surface area contributed by atoms with E-state index in [1.807, 2.05) is 40.6 Å². The lowest BCUT2D eigenvalue weighted by Gasteiger charge is -2.32. The van der Waals surface area contributed by atoms with Crippen molar-refractivity contribution in [3.8, 4) is 0 Å². The Bertz CT molecular complexity index is 982. The average Bonchev–Trinajstić information content (AvgIpc) is 3.45. The molecule has 1 N–H and O–H groups in total. The second kappa shape index (κ2) is 9.19. The third kappa shape index (κ3) is 5.31. The molecule has 1 aromatic carbocycles. The minimum atomic E-state index is -4.43. The second-order valence-corrected chi connectivity index (χ2v) is 8.39. The predicted molar refractivity (Wildman–Crippen MR) is 110 cm³/mol. The molecule has 4 rings (SSSR count). The molecule has 1 aliphatic heterocycles. The summed E-state index contributed by atoms with van der Waals surface area (Å²) >= 11 is 1.49. The van der Waals surface area contributed by atoms with E-state index in [9.17, 15) is 18.0 Å². The average molecular weight is 450 g/mol. The van der Waals surface area contributed by atoms with Crippen molar-refractivity contribution in [1.82, 2.24) is 25.0 Å². The van der Waals surface area contributed by atoms with Gasteiger partial charge in [0.05, 0.1) is 12.6 Å². The van der Waals surface area contributed by atoms with Gasteiger partial charge in [0.1, 0.15) is 11.0 Å². The highest BCUT2D eigenvalue weighted by Crippen LogP contribution is 2.30. The molecule has 1 aliphatic rings. The first-order valence-electron chi connectivity index (χ1n) is 9.98. The number of alkyl halides is 3. The molecule has 0 saturated carbocycles. The number of hydrogen-bond donors (Lipinski definition) is 1. The molecule has 0 radical (unpaired) electrons. The van der Waals surface area contributed by atoms with Crippen LogP contribution in [0.15, 0.2) is 54.2 Å². The Kier molecular flexibility index (Phi) is 6.38. The molecule has 1 atom stereocenters. The van der Waals surface area contributed by atoms with E-state index in [1.54, 1.807) is 6.20 Å². The third-order valence-electron chi connectivity index (χ3n) is 5.33. The topological polar surface area (TPSA) is 63.1 Å². The van der Waals surface area contributed by atoms with Crippen molar-refractivity contribution in [2.75, 3.05) is 19.6 Å². The second-order valence-electron chi connectivity index (χ2n) is 7.47. The number of nitrogens with one attached hydrogen (secondary N) is 1. The monoisotopic (exact) mass is 449 g/mol. The maximum Gasteiger partial charge on any atom is 0.435 e. The lowest BCUT2D eigenvalue weighted by Crippen LogP contribution is -2.43. The highest BCUT2D eigenvalue weighted by molar-refractivity contribution is 7.09. The number of halogens is 3. The van der Waals surface area contributed by atoms with Crippen LogP contribution in [-0.2, 0) is 11.0 Å². The van der Waals surface area contributed by atoms with E-state index in [1.165, 1.54) is 22.2 Å². The SMILES string of the molecule is O=C(CN1CCC(n2ccc(C(F)(F)F)n2)CC1)NC(c1ccccc1)c1nccs1. The summed E-state index contributed by atoms with van der Waals surface area (Å²) in [6.07, 6.45) is -0.0564. The van der Waals surface area contributed by atoms with Gasteiger partial charge in [0.2, 0.25) is 5.91 Å². The van der Waals surface area contributed by atoms with Crippen LogP contribution in [0.25, 0.3) is 0 Å². The lowest BCUT2D eigenvalue weighted by molar-refractivity contribution is -0.141. The molecular formula is C21H22F3N5OS. The molecule has 1 amide bonds. The van der Waals surface area contributed by atoms with Crippen molar-refractivity contribution in [2.45, 2.75) is 31.1 Å². The van der Waals surface area contributed by atoms with Gasteiger partial charge in [-0.05, 0) is 24.5 Å². The summed E-state index contributed by atoms with van der Waals surface area (Å²) in [5, 5.41) is 9.44. The number of nitrogens with zero attached hydrogens (tertiary/aromatic N) is 4. The Hall–Kier alpha value is -2.72. The van der Waals surface area contributed by atoms with Crippen molar-refractivity contribution in [3.63, 3.8) is 0 Å². The number of carbonyl (C=O) groups is 1. The highest BCUT2D eigenvalue weighted by atomic mass is 32.1. The fraction of sp³-hybridized carbons (Fsp3) is 0.381. The van der Waals surface area contributed by atoms with Crippen molar-refractivity contribution in [1.29, 1.82) is 0 Å². The van der Waals surface area contributed by atoms with Crippen molar-refractivity contribution < 1.29 is 18.0 Å². The fourth-order valence-corrected chi connectivity index (χ4v) is 4.47. The molecule has 1 saturated heterocycles. The maximum atomic E-state index is 12.8. The van der Waals surface area contributed by atoms with Crippen molar-refractivity contribution in [3.05, 3.63) is 70.4 Å². The number of rotatable bonds is 6. The van der Waals surface area contributed by atoms with E-state index in [2.05, 4.69) is 15.4 Å². The van der Waals surface area contributed by atoms with Gasteiger partial charge < -0.3 is 5.32 Å². The van der Waals surface area contributed by atoms with Gasteiger partial charge in [-0.25, -0.2) is 4.98 Å². The van der Waals surface area contributed by atoms with Gasteiger partial charge in [-0.1, -0.05) is 30.3 Å². The number of aromatic nitrogens is 3. The van der Waals surface area contributed by atoms with Gasteiger partial charge in [0, 0.05) is 30.9 Å². The standard InChI is InChI=1S/C21H22F3N5OS/c22-21(23,24)17-8-12-29(27-17)16-6-10-28(11-7-16)14-18(30)26-19(20-25-9-13-31-20)15-4-2-1-3-5-15/h1-5,8-9,12-13,16,19H,6-7,10-11,14H2,(H,26,30). The van der Waals surface area contributed by atoms with E-state index >= 15 is 0 Å². The minimum Gasteiger partial charge on any atom is -0.342 e. The molecule has 1 unspecified atom stereocenters. The van der Waals surface area contributed by atoms with Crippen LogP contribution in [0.4, 0.5) is 13.2 Å². The maximum absolute atomic E-state index is 12.8. The quantitative estimate of drug-likeness (QED) is 0.620. The molecule has 10 heteroatoms. The third-order valence-corrected chi connectivity index (χ3v) is 6.17. The van der Waals surface area contributed by atoms with Crippen LogP contribution in [0.5, 0.6) is 0 Å². The summed E-state index contributed by atoms with van der Waals surface area (Å²) in [6.45, 7) is 1.47. The molecule has 0 bridgehead atoms. The van der Waals surface area contributed by atoms with E-state index < -0.39 is 11.9 Å². The number of amides is 1. The molecular weight excluding hydrogens is 427 g/mol. The summed E-state index contributed by atoms with van der Waals surface area (Å²) in [6, 6.07) is 10.3. The first-order valence-corrected chi connectivity index (χ1v) is 10.9. The zero-order valence-electron chi connectivity index (χ0n) is 16.6.